The van der Waals surface area contributed by atoms with Crippen molar-refractivity contribution in [2.24, 2.45) is 11.8 Å². The minimum Gasteiger partial charge on any atom is -0.438 e. The molecule has 1 aliphatic carbocycles. The van der Waals surface area contributed by atoms with Crippen LogP contribution in [-0.2, 0) is 9.47 Å². The fraction of sp³-hybridized carbons (Fsp3) is 0.769. The Morgan fingerprint density at radius 2 is 2.38 bits per heavy atom. The fourth-order valence-corrected chi connectivity index (χ4v) is 2.13. The molecule has 0 radical (unpaired) electrons. The maximum Gasteiger partial charge on any atom is 0.507 e. The molecule has 92 valence electrons. The predicted octanol–water partition coefficient (Wildman–Crippen LogP) is 3.54. The molecule has 0 heterocycles. The molecule has 0 spiro atoms. The third-order valence-corrected chi connectivity index (χ3v) is 3.44. The van der Waals surface area contributed by atoms with Gasteiger partial charge in [-0.1, -0.05) is 18.6 Å². The van der Waals surface area contributed by atoms with E-state index in [4.69, 9.17) is 4.74 Å². The van der Waals surface area contributed by atoms with Crippen molar-refractivity contribution in [1.29, 1.82) is 0 Å². The van der Waals surface area contributed by atoms with Crippen molar-refractivity contribution in [3.8, 4) is 0 Å². The van der Waals surface area contributed by atoms with Crippen molar-refractivity contribution in [3.05, 3.63) is 11.6 Å². The molecule has 3 heteroatoms. The molecule has 0 fully saturated rings. The van der Waals surface area contributed by atoms with Gasteiger partial charge in [0, 0.05) is 0 Å². The van der Waals surface area contributed by atoms with Gasteiger partial charge < -0.3 is 9.47 Å². The number of ether oxygens (including phenoxy) is 2. The normalized spacial score (nSPS) is 22.2. The Balaban J connectivity index is 2.20. The Hall–Kier alpha value is -0.990. The van der Waals surface area contributed by atoms with Gasteiger partial charge in [0.15, 0.2) is 0 Å². The first-order valence-electron chi connectivity index (χ1n) is 6.00. The van der Waals surface area contributed by atoms with Gasteiger partial charge in [-0.25, -0.2) is 4.79 Å². The molecule has 0 aliphatic heterocycles. The molecule has 2 atom stereocenters. The number of rotatable bonds is 4. The maximum absolute atomic E-state index is 10.8. The van der Waals surface area contributed by atoms with Gasteiger partial charge in [0.1, 0.15) is 0 Å². The van der Waals surface area contributed by atoms with Crippen molar-refractivity contribution in [2.75, 3.05) is 13.7 Å². The van der Waals surface area contributed by atoms with Crippen LogP contribution in [0.5, 0.6) is 0 Å². The molecule has 0 aromatic heterocycles. The van der Waals surface area contributed by atoms with Crippen LogP contribution in [0.15, 0.2) is 11.6 Å². The van der Waals surface area contributed by atoms with E-state index < -0.39 is 6.16 Å². The van der Waals surface area contributed by atoms with Crippen molar-refractivity contribution >= 4 is 6.16 Å². The zero-order valence-corrected chi connectivity index (χ0v) is 10.5. The van der Waals surface area contributed by atoms with Crippen molar-refractivity contribution < 1.29 is 14.3 Å². The summed E-state index contributed by atoms with van der Waals surface area (Å²) in [6.45, 7) is 4.90. The molecule has 1 rings (SSSR count). The summed E-state index contributed by atoms with van der Waals surface area (Å²) in [5.41, 5.74) is 1.51. The molecule has 0 N–H and O–H groups in total. The lowest BCUT2D eigenvalue weighted by atomic mass is 9.80. The molecule has 0 aromatic carbocycles. The van der Waals surface area contributed by atoms with E-state index in [9.17, 15) is 4.79 Å². The first-order valence-corrected chi connectivity index (χ1v) is 6.00. The van der Waals surface area contributed by atoms with Crippen LogP contribution in [0.1, 0.15) is 39.5 Å². The molecular weight excluding hydrogens is 204 g/mol. The fourth-order valence-electron chi connectivity index (χ4n) is 2.13. The second-order valence-electron chi connectivity index (χ2n) is 4.65. The summed E-state index contributed by atoms with van der Waals surface area (Å²) < 4.78 is 9.32. The standard InChI is InChI=1S/C13H22O3/c1-10-4-6-12(7-5-10)11(2)8-9-16-13(14)15-3/h4,11-12H,5-9H2,1-3H3. The van der Waals surface area contributed by atoms with Crippen LogP contribution in [-0.4, -0.2) is 19.9 Å². The highest BCUT2D eigenvalue weighted by Gasteiger charge is 2.19. The first-order chi connectivity index (χ1) is 7.63. The topological polar surface area (TPSA) is 35.5 Å². The Morgan fingerprint density at radius 3 is 2.94 bits per heavy atom. The smallest absolute Gasteiger partial charge is 0.438 e. The molecular formula is C13H22O3. The number of carbonyl (C=O) groups excluding carboxylic acids is 1. The number of hydrogen-bond acceptors (Lipinski definition) is 3. The van der Waals surface area contributed by atoms with E-state index in [-0.39, 0.29) is 0 Å². The summed E-state index contributed by atoms with van der Waals surface area (Å²) in [6.07, 6.45) is 6.34. The van der Waals surface area contributed by atoms with Crippen molar-refractivity contribution in [3.63, 3.8) is 0 Å². The highest BCUT2D eigenvalue weighted by molar-refractivity contribution is 5.59. The van der Waals surface area contributed by atoms with Gasteiger partial charge in [0.25, 0.3) is 0 Å². The number of allylic oxidation sites excluding steroid dienone is 2. The lowest BCUT2D eigenvalue weighted by Crippen LogP contribution is -2.17. The van der Waals surface area contributed by atoms with Crippen LogP contribution in [0, 0.1) is 11.8 Å². The summed E-state index contributed by atoms with van der Waals surface area (Å²) in [5.74, 6) is 1.35. The van der Waals surface area contributed by atoms with Gasteiger partial charge in [-0.3, -0.25) is 0 Å². The highest BCUT2D eigenvalue weighted by Crippen LogP contribution is 2.30. The van der Waals surface area contributed by atoms with Gasteiger partial charge in [0.05, 0.1) is 13.7 Å². The van der Waals surface area contributed by atoms with E-state index >= 15 is 0 Å². The van der Waals surface area contributed by atoms with Crippen LogP contribution in [0.4, 0.5) is 4.79 Å². The second-order valence-corrected chi connectivity index (χ2v) is 4.65. The van der Waals surface area contributed by atoms with E-state index in [1.54, 1.807) is 0 Å². The van der Waals surface area contributed by atoms with E-state index in [0.717, 1.165) is 12.3 Å². The molecule has 0 amide bonds. The summed E-state index contributed by atoms with van der Waals surface area (Å²) >= 11 is 0. The predicted molar refractivity (Wildman–Crippen MR) is 63.2 cm³/mol. The third-order valence-electron chi connectivity index (χ3n) is 3.44. The zero-order chi connectivity index (χ0) is 12.0. The number of hydrogen-bond donors (Lipinski definition) is 0. The average molecular weight is 226 g/mol. The van der Waals surface area contributed by atoms with Crippen molar-refractivity contribution in [1.82, 2.24) is 0 Å². The SMILES string of the molecule is COC(=O)OCCC(C)C1CC=C(C)CC1. The van der Waals surface area contributed by atoms with Gasteiger partial charge in [0.2, 0.25) is 0 Å². The van der Waals surface area contributed by atoms with Crippen LogP contribution in [0.25, 0.3) is 0 Å². The minimum absolute atomic E-state index is 0.465. The Kier molecular flexibility index (Phi) is 5.36. The van der Waals surface area contributed by atoms with E-state index in [0.29, 0.717) is 12.5 Å². The Morgan fingerprint density at radius 1 is 1.62 bits per heavy atom. The molecule has 0 aromatic rings. The number of methoxy groups -OCH3 is 1. The van der Waals surface area contributed by atoms with Gasteiger partial charge in [-0.15, -0.1) is 0 Å². The minimum atomic E-state index is -0.577. The van der Waals surface area contributed by atoms with E-state index in [1.165, 1.54) is 31.9 Å². The molecule has 0 saturated heterocycles. The first kappa shape index (κ1) is 13.1. The van der Waals surface area contributed by atoms with Crippen molar-refractivity contribution in [2.45, 2.75) is 39.5 Å². The highest BCUT2D eigenvalue weighted by atomic mass is 16.7. The quantitative estimate of drug-likeness (QED) is 0.543. The van der Waals surface area contributed by atoms with Crippen LogP contribution >= 0.6 is 0 Å². The van der Waals surface area contributed by atoms with Crippen LogP contribution < -0.4 is 0 Å². The summed E-state index contributed by atoms with van der Waals surface area (Å²) in [7, 11) is 1.33. The summed E-state index contributed by atoms with van der Waals surface area (Å²) in [4.78, 5) is 10.8. The molecule has 3 nitrogen and oxygen atoms in total. The molecule has 1 aliphatic rings. The Bertz CT molecular complexity index is 258. The Labute approximate surface area is 97.8 Å². The molecule has 16 heavy (non-hydrogen) atoms. The van der Waals surface area contributed by atoms with Crippen LogP contribution in [0.2, 0.25) is 0 Å². The van der Waals surface area contributed by atoms with Gasteiger partial charge >= 0.3 is 6.16 Å². The molecule has 0 bridgehead atoms. The molecule has 0 saturated carbocycles. The van der Waals surface area contributed by atoms with E-state index in [1.807, 2.05) is 0 Å². The van der Waals surface area contributed by atoms with E-state index in [2.05, 4.69) is 24.7 Å². The maximum atomic E-state index is 10.8. The van der Waals surface area contributed by atoms with Gasteiger partial charge in [-0.2, -0.15) is 0 Å². The lowest BCUT2D eigenvalue weighted by molar-refractivity contribution is 0.0659. The summed E-state index contributed by atoms with van der Waals surface area (Å²) in [5, 5.41) is 0. The monoisotopic (exact) mass is 226 g/mol. The lowest BCUT2D eigenvalue weighted by Gasteiger charge is -2.26. The second kappa shape index (κ2) is 6.56. The third kappa shape index (κ3) is 4.25. The largest absolute Gasteiger partial charge is 0.507 e. The number of carbonyl (C=O) groups is 1. The van der Waals surface area contributed by atoms with Crippen LogP contribution in [0.3, 0.4) is 0 Å². The molecule has 2 unspecified atom stereocenters. The van der Waals surface area contributed by atoms with Gasteiger partial charge in [-0.05, 0) is 44.4 Å². The average Bonchev–Trinajstić information content (AvgIpc) is 2.29. The zero-order valence-electron chi connectivity index (χ0n) is 10.5. The summed E-state index contributed by atoms with van der Waals surface area (Å²) in [6, 6.07) is 0.